The number of halogens is 1. The number of aromatic nitrogens is 2. The molecule has 0 fully saturated rings. The molecule has 0 atom stereocenters. The standard InChI is InChI=1S/C21H22ClN3O5/c1-24-17-11-19(30-9-7-26)15(22)10-13(17)20(23-21(24)27)25-6-8-29-12-14-16(25)4-3-5-18(14)28-2/h3-5,10-11,26H,6-9,12H2,1-2H3. The van der Waals surface area contributed by atoms with Gasteiger partial charge in [-0.2, -0.15) is 4.98 Å². The third-order valence-electron chi connectivity index (χ3n) is 5.07. The first kappa shape index (κ1) is 20.5. The normalized spacial score (nSPS) is 13.8. The Labute approximate surface area is 178 Å². The average Bonchev–Trinajstić information content (AvgIpc) is 2.97. The number of aryl methyl sites for hydroxylation is 1. The van der Waals surface area contributed by atoms with Crippen molar-refractivity contribution < 1.29 is 19.3 Å². The van der Waals surface area contributed by atoms with Gasteiger partial charge in [0.25, 0.3) is 0 Å². The van der Waals surface area contributed by atoms with E-state index in [1.54, 1.807) is 26.3 Å². The summed E-state index contributed by atoms with van der Waals surface area (Å²) in [6, 6.07) is 9.16. The molecule has 2 aromatic carbocycles. The highest BCUT2D eigenvalue weighted by molar-refractivity contribution is 6.33. The molecule has 0 bridgehead atoms. The number of hydrogen-bond donors (Lipinski definition) is 1. The summed E-state index contributed by atoms with van der Waals surface area (Å²) in [4.78, 5) is 19.0. The second-order valence-electron chi connectivity index (χ2n) is 6.81. The molecule has 9 heteroatoms. The summed E-state index contributed by atoms with van der Waals surface area (Å²) in [7, 11) is 3.26. The fourth-order valence-corrected chi connectivity index (χ4v) is 3.83. The molecule has 0 amide bonds. The van der Waals surface area contributed by atoms with Crippen molar-refractivity contribution in [3.05, 3.63) is 51.4 Å². The summed E-state index contributed by atoms with van der Waals surface area (Å²) >= 11 is 6.44. The number of aliphatic hydroxyl groups is 1. The molecule has 3 aromatic rings. The summed E-state index contributed by atoms with van der Waals surface area (Å²) in [6.45, 7) is 1.34. The molecule has 1 aliphatic rings. The highest BCUT2D eigenvalue weighted by Gasteiger charge is 2.24. The fraction of sp³-hybridized carbons (Fsp3) is 0.333. The topological polar surface area (TPSA) is 86.1 Å². The van der Waals surface area contributed by atoms with Crippen molar-refractivity contribution in [2.24, 2.45) is 7.05 Å². The predicted molar refractivity (Wildman–Crippen MR) is 114 cm³/mol. The van der Waals surface area contributed by atoms with Gasteiger partial charge in [-0.3, -0.25) is 4.57 Å². The summed E-state index contributed by atoms with van der Waals surface area (Å²) < 4.78 is 18.2. The van der Waals surface area contributed by atoms with Gasteiger partial charge in [-0.1, -0.05) is 17.7 Å². The number of anilines is 2. The van der Waals surface area contributed by atoms with Crippen molar-refractivity contribution in [2.45, 2.75) is 6.61 Å². The lowest BCUT2D eigenvalue weighted by Gasteiger charge is -2.25. The van der Waals surface area contributed by atoms with Crippen LogP contribution in [0.1, 0.15) is 5.56 Å². The Morgan fingerprint density at radius 1 is 1.30 bits per heavy atom. The van der Waals surface area contributed by atoms with Crippen LogP contribution in [0, 0.1) is 0 Å². The van der Waals surface area contributed by atoms with Crippen molar-refractivity contribution in [2.75, 3.05) is 38.4 Å². The van der Waals surface area contributed by atoms with Crippen LogP contribution in [0.4, 0.5) is 11.5 Å². The van der Waals surface area contributed by atoms with E-state index in [-0.39, 0.29) is 13.2 Å². The molecule has 158 valence electrons. The van der Waals surface area contributed by atoms with Crippen LogP contribution in [-0.4, -0.2) is 48.1 Å². The van der Waals surface area contributed by atoms with Gasteiger partial charge in [-0.05, 0) is 18.2 Å². The second-order valence-corrected chi connectivity index (χ2v) is 7.22. The van der Waals surface area contributed by atoms with Gasteiger partial charge in [0, 0.05) is 30.6 Å². The van der Waals surface area contributed by atoms with Crippen LogP contribution >= 0.6 is 11.6 Å². The zero-order valence-corrected chi connectivity index (χ0v) is 17.5. The summed E-state index contributed by atoms with van der Waals surface area (Å²) in [5, 5.41) is 10.1. The highest BCUT2D eigenvalue weighted by atomic mass is 35.5. The monoisotopic (exact) mass is 431 g/mol. The van der Waals surface area contributed by atoms with E-state index < -0.39 is 5.69 Å². The fourth-order valence-electron chi connectivity index (χ4n) is 3.61. The van der Waals surface area contributed by atoms with Gasteiger partial charge < -0.3 is 24.2 Å². The highest BCUT2D eigenvalue weighted by Crippen LogP contribution is 2.39. The largest absolute Gasteiger partial charge is 0.496 e. The summed E-state index contributed by atoms with van der Waals surface area (Å²) in [5.74, 6) is 1.60. The smallest absolute Gasteiger partial charge is 0.349 e. The molecule has 0 saturated carbocycles. The number of nitrogens with zero attached hydrogens (tertiary/aromatic N) is 3. The van der Waals surface area contributed by atoms with Gasteiger partial charge in [0.2, 0.25) is 0 Å². The molecular weight excluding hydrogens is 410 g/mol. The first-order chi connectivity index (χ1) is 14.5. The quantitative estimate of drug-likeness (QED) is 0.664. The van der Waals surface area contributed by atoms with Crippen LogP contribution in [0.5, 0.6) is 11.5 Å². The van der Waals surface area contributed by atoms with E-state index in [1.165, 1.54) is 4.57 Å². The van der Waals surface area contributed by atoms with Crippen LogP contribution in [0.25, 0.3) is 10.9 Å². The molecule has 0 saturated heterocycles. The van der Waals surface area contributed by atoms with Crippen LogP contribution in [0.3, 0.4) is 0 Å². The maximum Gasteiger partial charge on any atom is 0.349 e. The van der Waals surface area contributed by atoms with E-state index in [0.29, 0.717) is 53.0 Å². The van der Waals surface area contributed by atoms with Crippen LogP contribution < -0.4 is 20.1 Å². The van der Waals surface area contributed by atoms with E-state index in [9.17, 15) is 4.79 Å². The zero-order valence-electron chi connectivity index (χ0n) is 16.7. The van der Waals surface area contributed by atoms with Crippen molar-refractivity contribution >= 4 is 34.0 Å². The Morgan fingerprint density at radius 2 is 2.13 bits per heavy atom. The second kappa shape index (κ2) is 8.51. The molecule has 8 nitrogen and oxygen atoms in total. The van der Waals surface area contributed by atoms with Crippen molar-refractivity contribution in [3.8, 4) is 11.5 Å². The number of methoxy groups -OCH3 is 1. The lowest BCUT2D eigenvalue weighted by atomic mass is 10.1. The van der Waals surface area contributed by atoms with Crippen molar-refractivity contribution in [1.29, 1.82) is 0 Å². The van der Waals surface area contributed by atoms with Gasteiger partial charge in [-0.25, -0.2) is 4.79 Å². The maximum atomic E-state index is 12.7. The van der Waals surface area contributed by atoms with E-state index in [0.717, 1.165) is 11.3 Å². The molecular formula is C21H22ClN3O5. The minimum Gasteiger partial charge on any atom is -0.496 e. The zero-order chi connectivity index (χ0) is 21.3. The molecule has 1 aliphatic heterocycles. The van der Waals surface area contributed by atoms with Gasteiger partial charge in [0.05, 0.1) is 43.2 Å². The minimum atomic E-state index is -0.400. The van der Waals surface area contributed by atoms with Gasteiger partial charge >= 0.3 is 5.69 Å². The first-order valence-electron chi connectivity index (χ1n) is 9.50. The van der Waals surface area contributed by atoms with E-state index >= 15 is 0 Å². The molecule has 1 N–H and O–H groups in total. The van der Waals surface area contributed by atoms with Crippen molar-refractivity contribution in [1.82, 2.24) is 9.55 Å². The number of fused-ring (bicyclic) bond motifs is 2. The van der Waals surface area contributed by atoms with Crippen LogP contribution in [0.15, 0.2) is 35.1 Å². The Kier molecular flexibility index (Phi) is 5.80. The third kappa shape index (κ3) is 3.58. The molecule has 30 heavy (non-hydrogen) atoms. The van der Waals surface area contributed by atoms with Crippen molar-refractivity contribution in [3.63, 3.8) is 0 Å². The predicted octanol–water partition coefficient (Wildman–Crippen LogP) is 2.63. The maximum absolute atomic E-state index is 12.7. The molecule has 0 radical (unpaired) electrons. The lowest BCUT2D eigenvalue weighted by molar-refractivity contribution is 0.131. The lowest BCUT2D eigenvalue weighted by Crippen LogP contribution is -2.28. The van der Waals surface area contributed by atoms with E-state index in [2.05, 4.69) is 4.98 Å². The Bertz CT molecular complexity index is 1150. The van der Waals surface area contributed by atoms with Gasteiger partial charge in [-0.15, -0.1) is 0 Å². The number of rotatable bonds is 5. The Balaban J connectivity index is 1.95. The van der Waals surface area contributed by atoms with Crippen LogP contribution in [-0.2, 0) is 18.4 Å². The first-order valence-corrected chi connectivity index (χ1v) is 9.88. The van der Waals surface area contributed by atoms with E-state index in [4.69, 9.17) is 30.9 Å². The Hall–Kier alpha value is -2.81. The summed E-state index contributed by atoms with van der Waals surface area (Å²) in [6.07, 6.45) is 0. The minimum absolute atomic E-state index is 0.105. The van der Waals surface area contributed by atoms with Gasteiger partial charge in [0.15, 0.2) is 0 Å². The molecule has 0 unspecified atom stereocenters. The molecule has 0 aliphatic carbocycles. The molecule has 1 aromatic heterocycles. The van der Waals surface area contributed by atoms with E-state index in [1.807, 2.05) is 23.1 Å². The number of aliphatic hydroxyl groups excluding tert-OH is 1. The number of benzene rings is 2. The SMILES string of the molecule is COc1cccc2c1COCCN2c1nc(=O)n(C)c2cc(OCCO)c(Cl)cc12. The number of hydrogen-bond acceptors (Lipinski definition) is 7. The molecule has 4 rings (SSSR count). The van der Waals surface area contributed by atoms with Crippen LogP contribution in [0.2, 0.25) is 5.02 Å². The molecule has 0 spiro atoms. The third-order valence-corrected chi connectivity index (χ3v) is 5.37. The number of ether oxygens (including phenoxy) is 3. The molecule has 2 heterocycles. The Morgan fingerprint density at radius 3 is 2.90 bits per heavy atom. The average molecular weight is 432 g/mol. The summed E-state index contributed by atoms with van der Waals surface area (Å²) in [5.41, 5.74) is 1.98. The van der Waals surface area contributed by atoms with Gasteiger partial charge in [0.1, 0.15) is 23.9 Å².